The lowest BCUT2D eigenvalue weighted by Gasteiger charge is -2.51. The fourth-order valence-corrected chi connectivity index (χ4v) is 8.34. The molecule has 0 spiro atoms. The summed E-state index contributed by atoms with van der Waals surface area (Å²) in [6.45, 7) is 14.4. The highest BCUT2D eigenvalue weighted by Gasteiger charge is 2.46. The van der Waals surface area contributed by atoms with Crippen LogP contribution in [0.4, 0.5) is 0 Å². The van der Waals surface area contributed by atoms with Crippen molar-refractivity contribution in [1.29, 1.82) is 0 Å². The summed E-state index contributed by atoms with van der Waals surface area (Å²) in [5.74, 6) is -0.419. The zero-order chi connectivity index (χ0) is 36.1. The van der Waals surface area contributed by atoms with Gasteiger partial charge in [0.15, 0.2) is 0 Å². The lowest BCUT2D eigenvalue weighted by molar-refractivity contribution is -0.0733. The molecule has 0 radical (unpaired) electrons. The van der Waals surface area contributed by atoms with Crippen LogP contribution in [-0.2, 0) is 27.2 Å². The van der Waals surface area contributed by atoms with E-state index in [4.69, 9.17) is 4.18 Å². The quantitative estimate of drug-likeness (QED) is 0.101. The Morgan fingerprint density at radius 1 is 1.04 bits per heavy atom. The monoisotopic (exact) mass is 710 g/mol. The second-order valence-electron chi connectivity index (χ2n) is 15.0. The molecule has 0 aliphatic heterocycles. The molecule has 5 atom stereocenters. The summed E-state index contributed by atoms with van der Waals surface area (Å²) in [5, 5.41) is 22.4. The van der Waals surface area contributed by atoms with E-state index >= 15 is 0 Å². The minimum atomic E-state index is -5.14. The Morgan fingerprint density at radius 2 is 1.71 bits per heavy atom. The Kier molecular flexibility index (Phi) is 13.2. The average molecular weight is 711 g/mol. The molecule has 0 heterocycles. The first-order valence-corrected chi connectivity index (χ1v) is 19.6. The molecule has 10 nitrogen and oxygen atoms in total. The second-order valence-corrected chi connectivity index (χ2v) is 16.9. The molecule has 3 rings (SSSR count). The number of aliphatic hydroxyl groups is 2. The van der Waals surface area contributed by atoms with Gasteiger partial charge in [0, 0.05) is 5.56 Å². The maximum absolute atomic E-state index is 11.6. The molecular formula is C36H54O10S2-2. The van der Waals surface area contributed by atoms with E-state index in [1.807, 2.05) is 0 Å². The van der Waals surface area contributed by atoms with Gasteiger partial charge < -0.3 is 27.7 Å². The standard InChI is InChI=1S/C36H56O10S2/c1-25(2)11-8-12-26(3)13-9-21-36(7,38)33(37)19-22-34(5)20-10-14-31-30(34)17-15-27(4)35(31,6)24-28-23-29(45-47(39,40)41)16-18-32(28)46-48(42,43)44/h11,13,16,18,23,27,33,37-38H,8-10,12,14-15,17,19-22,24H2,1-7H3,(H,39,40,41)(H,42,43,44)/p-2/b26-13+/t27?,33?,34-,35+,36?/m0/s1. The van der Waals surface area contributed by atoms with Crippen LogP contribution in [0.3, 0.4) is 0 Å². The SMILES string of the molecule is CC(C)=CCC/C(C)=C/CCC(C)(O)C(O)CC[C@]1(C)CCCC2=C1CCC(C)[C@@]2(C)Cc1cc(OS(=O)(=O)[O-])ccc1OS(=O)(=O)[O-]. The molecule has 0 amide bonds. The van der Waals surface area contributed by atoms with E-state index in [0.29, 0.717) is 25.7 Å². The van der Waals surface area contributed by atoms with Crippen LogP contribution in [0.2, 0.25) is 0 Å². The summed E-state index contributed by atoms with van der Waals surface area (Å²) in [4.78, 5) is 0. The molecule has 0 fully saturated rings. The summed E-state index contributed by atoms with van der Waals surface area (Å²) in [6, 6.07) is 3.43. The molecule has 2 aliphatic carbocycles. The first-order chi connectivity index (χ1) is 22.0. The molecule has 3 unspecified atom stereocenters. The highest BCUT2D eigenvalue weighted by atomic mass is 32.3. The van der Waals surface area contributed by atoms with Crippen LogP contribution in [0.25, 0.3) is 0 Å². The van der Waals surface area contributed by atoms with Crippen molar-refractivity contribution in [3.63, 3.8) is 0 Å². The van der Waals surface area contributed by atoms with Crippen LogP contribution in [-0.4, -0.2) is 47.9 Å². The van der Waals surface area contributed by atoms with Crippen LogP contribution in [0.15, 0.2) is 52.6 Å². The predicted molar refractivity (Wildman–Crippen MR) is 184 cm³/mol. The van der Waals surface area contributed by atoms with Gasteiger partial charge in [0.25, 0.3) is 20.8 Å². The van der Waals surface area contributed by atoms with Gasteiger partial charge in [-0.25, -0.2) is 16.8 Å². The zero-order valence-corrected chi connectivity index (χ0v) is 31.1. The van der Waals surface area contributed by atoms with E-state index < -0.39 is 37.9 Å². The Balaban J connectivity index is 1.84. The molecule has 0 aromatic heterocycles. The van der Waals surface area contributed by atoms with Crippen molar-refractivity contribution in [3.8, 4) is 11.5 Å². The van der Waals surface area contributed by atoms with Gasteiger partial charge in [0.2, 0.25) is 0 Å². The summed E-state index contributed by atoms with van der Waals surface area (Å²) in [7, 11) is -10.2. The molecule has 1 aromatic rings. The fourth-order valence-electron chi connectivity index (χ4n) is 7.62. The summed E-state index contributed by atoms with van der Waals surface area (Å²) >= 11 is 0. The Labute approximate surface area is 288 Å². The number of hydrogen-bond donors (Lipinski definition) is 2. The molecule has 0 saturated carbocycles. The van der Waals surface area contributed by atoms with E-state index in [1.165, 1.54) is 28.4 Å². The first-order valence-electron chi connectivity index (χ1n) is 16.9. The van der Waals surface area contributed by atoms with Gasteiger partial charge in [-0.15, -0.1) is 0 Å². The smallest absolute Gasteiger partial charge is 0.262 e. The van der Waals surface area contributed by atoms with Crippen molar-refractivity contribution in [2.45, 2.75) is 137 Å². The van der Waals surface area contributed by atoms with Crippen molar-refractivity contribution < 1.29 is 44.5 Å². The first kappa shape index (κ1) is 40.2. The number of aliphatic hydroxyl groups excluding tert-OH is 1. The van der Waals surface area contributed by atoms with Crippen molar-refractivity contribution in [2.75, 3.05) is 0 Å². The maximum atomic E-state index is 11.6. The highest BCUT2D eigenvalue weighted by molar-refractivity contribution is 7.81. The van der Waals surface area contributed by atoms with Crippen molar-refractivity contribution in [3.05, 3.63) is 58.2 Å². The van der Waals surface area contributed by atoms with Crippen molar-refractivity contribution in [2.24, 2.45) is 16.7 Å². The minimum Gasteiger partial charge on any atom is -0.716 e. The van der Waals surface area contributed by atoms with E-state index in [2.05, 4.69) is 57.9 Å². The fraction of sp³-hybridized carbons (Fsp3) is 0.667. The minimum absolute atomic E-state index is 0.132. The lowest BCUT2D eigenvalue weighted by atomic mass is 9.54. The topological polar surface area (TPSA) is 173 Å². The van der Waals surface area contributed by atoms with Gasteiger partial charge in [0.05, 0.1) is 11.7 Å². The van der Waals surface area contributed by atoms with Crippen LogP contribution >= 0.6 is 0 Å². The van der Waals surface area contributed by atoms with Gasteiger partial charge in [-0.1, -0.05) is 55.2 Å². The molecule has 272 valence electrons. The zero-order valence-electron chi connectivity index (χ0n) is 29.5. The van der Waals surface area contributed by atoms with Gasteiger partial charge >= 0.3 is 0 Å². The second kappa shape index (κ2) is 15.8. The summed E-state index contributed by atoms with van der Waals surface area (Å²) < 4.78 is 77.8. The average Bonchev–Trinajstić information content (AvgIpc) is 2.94. The molecule has 48 heavy (non-hydrogen) atoms. The van der Waals surface area contributed by atoms with Gasteiger partial charge in [-0.05, 0) is 140 Å². The summed E-state index contributed by atoms with van der Waals surface area (Å²) in [6.07, 6.45) is 12.2. The highest BCUT2D eigenvalue weighted by Crippen LogP contribution is 2.58. The van der Waals surface area contributed by atoms with E-state index in [0.717, 1.165) is 57.1 Å². The Bertz CT molecular complexity index is 1600. The van der Waals surface area contributed by atoms with E-state index in [1.54, 1.807) is 6.92 Å². The number of benzene rings is 1. The Morgan fingerprint density at radius 3 is 2.33 bits per heavy atom. The molecule has 0 saturated heterocycles. The van der Waals surface area contributed by atoms with Crippen molar-refractivity contribution >= 4 is 20.8 Å². The van der Waals surface area contributed by atoms with Crippen LogP contribution < -0.4 is 8.37 Å². The van der Waals surface area contributed by atoms with E-state index in [-0.39, 0.29) is 34.8 Å². The third kappa shape index (κ3) is 11.1. The van der Waals surface area contributed by atoms with Crippen LogP contribution in [0.5, 0.6) is 11.5 Å². The van der Waals surface area contributed by atoms with Crippen molar-refractivity contribution in [1.82, 2.24) is 0 Å². The van der Waals surface area contributed by atoms with Crippen LogP contribution in [0.1, 0.15) is 125 Å². The van der Waals surface area contributed by atoms with E-state index in [9.17, 15) is 36.2 Å². The summed E-state index contributed by atoms with van der Waals surface area (Å²) in [5.41, 5.74) is 3.33. The largest absolute Gasteiger partial charge is 0.716 e. The number of allylic oxidation sites excluding steroid dienone is 6. The Hall–Kier alpha value is -2.22. The molecular weight excluding hydrogens is 657 g/mol. The third-order valence-corrected chi connectivity index (χ3v) is 11.5. The van der Waals surface area contributed by atoms with Gasteiger partial charge in [0.1, 0.15) is 11.5 Å². The van der Waals surface area contributed by atoms with Gasteiger partial charge in [-0.3, -0.25) is 0 Å². The molecule has 12 heteroatoms. The molecule has 2 aliphatic rings. The number of rotatable bonds is 16. The molecule has 1 aromatic carbocycles. The third-order valence-electron chi connectivity index (χ3n) is 10.8. The number of hydrogen-bond acceptors (Lipinski definition) is 10. The maximum Gasteiger partial charge on any atom is 0.262 e. The van der Waals surface area contributed by atoms with Crippen LogP contribution in [0, 0.1) is 16.7 Å². The van der Waals surface area contributed by atoms with Gasteiger partial charge in [-0.2, -0.15) is 0 Å². The predicted octanol–water partition coefficient (Wildman–Crippen LogP) is 7.20. The molecule has 0 bridgehead atoms. The lowest BCUT2D eigenvalue weighted by Crippen LogP contribution is -2.42. The normalized spacial score (nSPS) is 25.6. The molecule has 2 N–H and O–H groups in total.